The van der Waals surface area contributed by atoms with Gasteiger partial charge in [0.2, 0.25) is 0 Å². The summed E-state index contributed by atoms with van der Waals surface area (Å²) >= 11 is 1.99. The SMILES string of the molecule is NNC(=O)CN(c1cccc(I)c1)S(=O)(=O)c1ccccc1[N+](=O)[O-]. The number of rotatable bonds is 6. The van der Waals surface area contributed by atoms with Crippen molar-refractivity contribution >= 4 is 49.9 Å². The van der Waals surface area contributed by atoms with Crippen molar-refractivity contribution in [3.63, 3.8) is 0 Å². The molecule has 0 fully saturated rings. The first-order valence-electron chi connectivity index (χ1n) is 6.78. The van der Waals surface area contributed by atoms with E-state index in [1.54, 1.807) is 12.1 Å². The molecule has 0 saturated carbocycles. The van der Waals surface area contributed by atoms with Gasteiger partial charge in [0, 0.05) is 9.64 Å². The van der Waals surface area contributed by atoms with E-state index in [4.69, 9.17) is 5.84 Å². The van der Waals surface area contributed by atoms with Crippen LogP contribution in [0.5, 0.6) is 0 Å². The van der Waals surface area contributed by atoms with E-state index in [2.05, 4.69) is 0 Å². The molecule has 0 radical (unpaired) electrons. The van der Waals surface area contributed by atoms with Crippen LogP contribution in [0.2, 0.25) is 0 Å². The number of carbonyl (C=O) groups excluding carboxylic acids is 1. The zero-order valence-electron chi connectivity index (χ0n) is 12.6. The first kappa shape index (κ1) is 19.1. The molecule has 0 aliphatic carbocycles. The molecule has 0 heterocycles. The number of sulfonamides is 1. The molecule has 3 N–H and O–H groups in total. The second-order valence-corrected chi connectivity index (χ2v) is 7.86. The lowest BCUT2D eigenvalue weighted by molar-refractivity contribution is -0.387. The van der Waals surface area contributed by atoms with Crippen molar-refractivity contribution in [2.45, 2.75) is 4.90 Å². The molecule has 132 valence electrons. The van der Waals surface area contributed by atoms with Crippen LogP contribution in [0.25, 0.3) is 0 Å². The molecule has 0 spiro atoms. The van der Waals surface area contributed by atoms with E-state index in [0.29, 0.717) is 0 Å². The summed E-state index contributed by atoms with van der Waals surface area (Å²) in [5, 5.41) is 11.2. The Bertz CT molecular complexity index is 919. The largest absolute Gasteiger partial charge is 0.293 e. The molecule has 0 bridgehead atoms. The van der Waals surface area contributed by atoms with Gasteiger partial charge < -0.3 is 0 Å². The molecule has 0 atom stereocenters. The molecule has 0 unspecified atom stereocenters. The van der Waals surface area contributed by atoms with Crippen LogP contribution >= 0.6 is 22.6 Å². The summed E-state index contributed by atoms with van der Waals surface area (Å²) in [6, 6.07) is 11.3. The number of carbonyl (C=O) groups is 1. The average molecular weight is 476 g/mol. The fourth-order valence-electron chi connectivity index (χ4n) is 2.07. The van der Waals surface area contributed by atoms with Crippen molar-refractivity contribution in [3.05, 3.63) is 62.2 Å². The van der Waals surface area contributed by atoms with Crippen LogP contribution < -0.4 is 15.6 Å². The zero-order chi connectivity index (χ0) is 18.6. The molecule has 2 aromatic carbocycles. The molecule has 0 aromatic heterocycles. The molecular weight excluding hydrogens is 463 g/mol. The van der Waals surface area contributed by atoms with Gasteiger partial charge in [-0.1, -0.05) is 18.2 Å². The summed E-state index contributed by atoms with van der Waals surface area (Å²) in [7, 11) is -4.38. The number of nitrogens with zero attached hydrogens (tertiary/aromatic N) is 2. The Morgan fingerprint density at radius 3 is 2.52 bits per heavy atom. The molecule has 0 aliphatic rings. The smallest absolute Gasteiger partial charge is 0.289 e. The van der Waals surface area contributed by atoms with Crippen molar-refractivity contribution in [1.82, 2.24) is 5.43 Å². The minimum absolute atomic E-state index is 0.189. The maximum atomic E-state index is 13.0. The van der Waals surface area contributed by atoms with Crippen molar-refractivity contribution < 1.29 is 18.1 Å². The van der Waals surface area contributed by atoms with Crippen LogP contribution in [0.15, 0.2) is 53.4 Å². The number of nitro groups is 1. The molecular formula is C14H13IN4O5S. The van der Waals surface area contributed by atoms with E-state index in [1.807, 2.05) is 28.0 Å². The number of benzene rings is 2. The van der Waals surface area contributed by atoms with E-state index in [1.165, 1.54) is 24.3 Å². The molecule has 0 saturated heterocycles. The standard InChI is InChI=1S/C14H13IN4O5S/c15-10-4-3-5-11(8-10)18(9-14(20)17-16)25(23,24)13-7-2-1-6-12(13)19(21)22/h1-8H,9,16H2,(H,17,20). The van der Waals surface area contributed by atoms with Crippen LogP contribution in [0.3, 0.4) is 0 Å². The summed E-state index contributed by atoms with van der Waals surface area (Å²) in [6.45, 7) is -0.620. The third kappa shape index (κ3) is 4.24. The first-order valence-corrected chi connectivity index (χ1v) is 9.30. The van der Waals surface area contributed by atoms with Gasteiger partial charge in [0.05, 0.1) is 10.6 Å². The normalized spacial score (nSPS) is 11.0. The van der Waals surface area contributed by atoms with Gasteiger partial charge in [0.25, 0.3) is 21.6 Å². The van der Waals surface area contributed by atoms with Crippen LogP contribution in [0, 0.1) is 13.7 Å². The maximum Gasteiger partial charge on any atom is 0.289 e. The quantitative estimate of drug-likeness (QED) is 0.213. The van der Waals surface area contributed by atoms with E-state index < -0.39 is 38.0 Å². The minimum Gasteiger partial charge on any atom is -0.293 e. The van der Waals surface area contributed by atoms with Crippen molar-refractivity contribution in [2.75, 3.05) is 10.8 Å². The molecule has 9 nitrogen and oxygen atoms in total. The number of para-hydroxylation sites is 1. The van der Waals surface area contributed by atoms with Crippen LogP contribution in [-0.2, 0) is 14.8 Å². The highest BCUT2D eigenvalue weighted by molar-refractivity contribution is 14.1. The van der Waals surface area contributed by atoms with Gasteiger partial charge >= 0.3 is 0 Å². The van der Waals surface area contributed by atoms with Gasteiger partial charge in [-0.3, -0.25) is 24.6 Å². The summed E-state index contributed by atoms with van der Waals surface area (Å²) in [4.78, 5) is 21.6. The third-order valence-corrected chi connectivity index (χ3v) is 5.67. The van der Waals surface area contributed by atoms with Gasteiger partial charge in [0.1, 0.15) is 6.54 Å². The molecule has 0 aliphatic heterocycles. The van der Waals surface area contributed by atoms with Crippen LogP contribution in [0.1, 0.15) is 0 Å². The van der Waals surface area contributed by atoms with Gasteiger partial charge in [0.15, 0.2) is 4.90 Å². The summed E-state index contributed by atoms with van der Waals surface area (Å²) in [5.74, 6) is 4.29. The van der Waals surface area contributed by atoms with Gasteiger partial charge in [-0.2, -0.15) is 0 Å². The highest BCUT2D eigenvalue weighted by Crippen LogP contribution is 2.30. The number of halogens is 1. The number of nitro benzene ring substituents is 1. The number of nitrogens with two attached hydrogens (primary N) is 1. The fourth-order valence-corrected chi connectivity index (χ4v) is 4.17. The Labute approximate surface area is 157 Å². The Morgan fingerprint density at radius 2 is 1.92 bits per heavy atom. The summed E-state index contributed by atoms with van der Waals surface area (Å²) in [5.41, 5.74) is 1.47. The molecule has 2 rings (SSSR count). The molecule has 1 amide bonds. The van der Waals surface area contributed by atoms with Gasteiger partial charge in [-0.15, -0.1) is 0 Å². The molecule has 11 heteroatoms. The van der Waals surface area contributed by atoms with Gasteiger partial charge in [-0.25, -0.2) is 14.3 Å². The van der Waals surface area contributed by atoms with Gasteiger partial charge in [-0.05, 0) is 46.9 Å². The van der Waals surface area contributed by atoms with E-state index in [0.717, 1.165) is 20.0 Å². The topological polar surface area (TPSA) is 136 Å². The maximum absolute atomic E-state index is 13.0. The number of hydrogen-bond donors (Lipinski definition) is 2. The predicted molar refractivity (Wildman–Crippen MR) is 99.1 cm³/mol. The second-order valence-electron chi connectivity index (χ2n) is 4.78. The van der Waals surface area contributed by atoms with Crippen LogP contribution in [0.4, 0.5) is 11.4 Å². The summed E-state index contributed by atoms with van der Waals surface area (Å²) < 4.78 is 27.5. The highest BCUT2D eigenvalue weighted by Gasteiger charge is 2.33. The minimum atomic E-state index is -4.38. The first-order chi connectivity index (χ1) is 11.8. The van der Waals surface area contributed by atoms with E-state index in [-0.39, 0.29) is 5.69 Å². The monoisotopic (exact) mass is 476 g/mol. The number of amides is 1. The van der Waals surface area contributed by atoms with Crippen molar-refractivity contribution in [1.29, 1.82) is 0 Å². The Kier molecular flexibility index (Phi) is 5.92. The van der Waals surface area contributed by atoms with E-state index in [9.17, 15) is 23.3 Å². The van der Waals surface area contributed by atoms with Crippen LogP contribution in [-0.4, -0.2) is 25.8 Å². The predicted octanol–water partition coefficient (Wildman–Crippen LogP) is 1.38. The average Bonchev–Trinajstić information content (AvgIpc) is 2.59. The molecule has 2 aromatic rings. The number of hydrogen-bond acceptors (Lipinski definition) is 6. The molecule has 25 heavy (non-hydrogen) atoms. The summed E-state index contributed by atoms with van der Waals surface area (Å²) in [6.07, 6.45) is 0. The van der Waals surface area contributed by atoms with Crippen molar-refractivity contribution in [2.24, 2.45) is 5.84 Å². The number of anilines is 1. The third-order valence-electron chi connectivity index (χ3n) is 3.17. The Balaban J connectivity index is 2.64. The Morgan fingerprint density at radius 1 is 1.24 bits per heavy atom. The lowest BCUT2D eigenvalue weighted by Crippen LogP contribution is -2.43. The number of hydrazine groups is 1. The lowest BCUT2D eigenvalue weighted by atomic mass is 10.3. The van der Waals surface area contributed by atoms with Crippen molar-refractivity contribution in [3.8, 4) is 0 Å². The Hall–Kier alpha value is -2.25. The highest BCUT2D eigenvalue weighted by atomic mass is 127. The fraction of sp³-hybridized carbons (Fsp3) is 0.0714. The second kappa shape index (κ2) is 7.76. The lowest BCUT2D eigenvalue weighted by Gasteiger charge is -2.23. The number of nitrogens with one attached hydrogen (secondary N) is 1. The van der Waals surface area contributed by atoms with E-state index >= 15 is 0 Å². The zero-order valence-corrected chi connectivity index (χ0v) is 15.6.